The van der Waals surface area contributed by atoms with Gasteiger partial charge in [-0.25, -0.2) is 9.59 Å². The molecular weight excluding hydrogens is 504 g/mol. The molecule has 2 aliphatic heterocycles. The highest BCUT2D eigenvalue weighted by atomic mass is 35.5. The monoisotopic (exact) mass is 538 g/mol. The molecular formula is C29H35ClN4O4. The molecule has 0 saturated carbocycles. The van der Waals surface area contributed by atoms with Crippen LogP contribution in [0.3, 0.4) is 0 Å². The van der Waals surface area contributed by atoms with Crippen molar-refractivity contribution in [3.05, 3.63) is 81.5 Å². The third-order valence-corrected chi connectivity index (χ3v) is 7.41. The molecule has 1 fully saturated rings. The Labute approximate surface area is 229 Å². The Morgan fingerprint density at radius 1 is 1.11 bits per heavy atom. The van der Waals surface area contributed by atoms with Gasteiger partial charge in [-0.2, -0.15) is 0 Å². The fourth-order valence-corrected chi connectivity index (χ4v) is 5.45. The maximum Gasteiger partial charge on any atom is 0.338 e. The summed E-state index contributed by atoms with van der Waals surface area (Å²) in [6.45, 7) is 10.4. The number of rotatable bonds is 7. The van der Waals surface area contributed by atoms with Crippen molar-refractivity contribution in [2.75, 3.05) is 39.3 Å². The van der Waals surface area contributed by atoms with Gasteiger partial charge in [0.2, 0.25) is 0 Å². The predicted octanol–water partition coefficient (Wildman–Crippen LogP) is 4.40. The van der Waals surface area contributed by atoms with Crippen molar-refractivity contribution >= 4 is 29.5 Å². The van der Waals surface area contributed by atoms with Crippen molar-refractivity contribution in [2.24, 2.45) is 0 Å². The minimum atomic E-state index is -0.611. The number of aryl methyl sites for hydroxylation is 1. The van der Waals surface area contributed by atoms with Crippen LogP contribution in [0, 0.1) is 6.92 Å². The summed E-state index contributed by atoms with van der Waals surface area (Å²) in [5.41, 5.74) is 3.44. The second-order valence-corrected chi connectivity index (χ2v) is 10.1. The lowest BCUT2D eigenvalue weighted by atomic mass is 9.93. The largest absolute Gasteiger partial charge is 0.463 e. The Morgan fingerprint density at radius 2 is 1.87 bits per heavy atom. The molecule has 8 nitrogen and oxygen atoms in total. The van der Waals surface area contributed by atoms with Crippen LogP contribution in [0.5, 0.6) is 0 Å². The Hall–Kier alpha value is -3.36. The SMILES string of the molecule is CCOC(=O)C1=C(CN2CCN(C(=O)c3ccccc3Cl)[C@@H](C)C2)N(CC)C(=O)N[C@@H]1c1cccc(C)c1. The summed E-state index contributed by atoms with van der Waals surface area (Å²) in [6, 6.07) is 13.9. The van der Waals surface area contributed by atoms with Gasteiger partial charge < -0.3 is 15.0 Å². The normalized spacial score (nSPS) is 20.4. The van der Waals surface area contributed by atoms with Crippen LogP contribution in [-0.4, -0.2) is 78.0 Å². The molecule has 0 bridgehead atoms. The summed E-state index contributed by atoms with van der Waals surface area (Å²) < 4.78 is 5.48. The number of hydrogen-bond acceptors (Lipinski definition) is 5. The van der Waals surface area contributed by atoms with Crippen molar-refractivity contribution in [1.29, 1.82) is 0 Å². The highest BCUT2D eigenvalue weighted by Gasteiger charge is 2.39. The van der Waals surface area contributed by atoms with Gasteiger partial charge >= 0.3 is 12.0 Å². The summed E-state index contributed by atoms with van der Waals surface area (Å²) in [6.07, 6.45) is 0. The molecule has 0 unspecified atom stereocenters. The number of carbonyl (C=O) groups is 3. The van der Waals surface area contributed by atoms with Crippen molar-refractivity contribution < 1.29 is 19.1 Å². The van der Waals surface area contributed by atoms with Gasteiger partial charge in [0.15, 0.2) is 0 Å². The van der Waals surface area contributed by atoms with Gasteiger partial charge in [-0.3, -0.25) is 14.6 Å². The van der Waals surface area contributed by atoms with Gasteiger partial charge in [-0.1, -0.05) is 53.6 Å². The van der Waals surface area contributed by atoms with Crippen LogP contribution in [-0.2, 0) is 9.53 Å². The van der Waals surface area contributed by atoms with E-state index in [1.807, 2.05) is 56.0 Å². The average Bonchev–Trinajstić information content (AvgIpc) is 2.88. The molecule has 2 heterocycles. The second-order valence-electron chi connectivity index (χ2n) is 9.68. The van der Waals surface area contributed by atoms with Crippen LogP contribution in [0.15, 0.2) is 59.8 Å². The van der Waals surface area contributed by atoms with Crippen molar-refractivity contribution in [1.82, 2.24) is 20.0 Å². The molecule has 38 heavy (non-hydrogen) atoms. The first-order chi connectivity index (χ1) is 18.2. The van der Waals surface area contributed by atoms with E-state index in [1.54, 1.807) is 30.0 Å². The molecule has 0 spiro atoms. The zero-order chi connectivity index (χ0) is 27.4. The summed E-state index contributed by atoms with van der Waals surface area (Å²) in [5, 5.41) is 3.45. The standard InChI is InChI=1S/C29H35ClN4O4/c1-5-33-24(18-32-14-15-34(20(4)17-32)27(35)22-12-7-8-13-23(22)30)25(28(36)38-6-2)26(31-29(33)37)21-11-9-10-19(3)16-21/h7-13,16,20,26H,5-6,14-15,17-18H2,1-4H3,(H,31,37)/t20-,26+/m0/s1. The van der Waals surface area contributed by atoms with E-state index >= 15 is 0 Å². The lowest BCUT2D eigenvalue weighted by molar-refractivity contribution is -0.139. The zero-order valence-electron chi connectivity index (χ0n) is 22.4. The molecule has 2 aliphatic rings. The van der Waals surface area contributed by atoms with Crippen molar-refractivity contribution in [3.63, 3.8) is 0 Å². The maximum absolute atomic E-state index is 13.3. The maximum atomic E-state index is 13.3. The number of carbonyl (C=O) groups excluding carboxylic acids is 3. The van der Waals surface area contributed by atoms with Crippen LogP contribution in [0.1, 0.15) is 48.3 Å². The van der Waals surface area contributed by atoms with E-state index in [0.717, 1.165) is 11.1 Å². The van der Waals surface area contributed by atoms with Crippen LogP contribution in [0.4, 0.5) is 4.79 Å². The fraction of sp³-hybridized carbons (Fsp3) is 0.414. The Balaban J connectivity index is 1.64. The van der Waals surface area contributed by atoms with Crippen molar-refractivity contribution in [2.45, 2.75) is 39.8 Å². The Bertz CT molecular complexity index is 1250. The quantitative estimate of drug-likeness (QED) is 0.528. The van der Waals surface area contributed by atoms with Crippen LogP contribution >= 0.6 is 11.6 Å². The van der Waals surface area contributed by atoms with Gasteiger partial charge in [-0.05, 0) is 45.4 Å². The van der Waals surface area contributed by atoms with E-state index in [9.17, 15) is 14.4 Å². The topological polar surface area (TPSA) is 82.2 Å². The lowest BCUT2D eigenvalue weighted by Crippen LogP contribution is -2.56. The molecule has 2 aromatic carbocycles. The first-order valence-corrected chi connectivity index (χ1v) is 13.5. The lowest BCUT2D eigenvalue weighted by Gasteiger charge is -2.43. The third-order valence-electron chi connectivity index (χ3n) is 7.08. The summed E-state index contributed by atoms with van der Waals surface area (Å²) in [4.78, 5) is 45.4. The number of hydrogen-bond donors (Lipinski definition) is 1. The minimum absolute atomic E-state index is 0.0840. The number of urea groups is 1. The van der Waals surface area contributed by atoms with Crippen LogP contribution in [0.2, 0.25) is 5.02 Å². The molecule has 0 aliphatic carbocycles. The predicted molar refractivity (Wildman–Crippen MR) is 147 cm³/mol. The number of halogens is 1. The van der Waals surface area contributed by atoms with E-state index in [2.05, 4.69) is 10.2 Å². The number of ether oxygens (including phenoxy) is 1. The Kier molecular flexibility index (Phi) is 8.74. The zero-order valence-corrected chi connectivity index (χ0v) is 23.1. The van der Waals surface area contributed by atoms with Gasteiger partial charge in [-0.15, -0.1) is 0 Å². The number of piperazine rings is 1. The highest BCUT2D eigenvalue weighted by Crippen LogP contribution is 2.33. The van der Waals surface area contributed by atoms with E-state index in [-0.39, 0.29) is 24.6 Å². The minimum Gasteiger partial charge on any atom is -0.463 e. The van der Waals surface area contributed by atoms with Gasteiger partial charge in [0, 0.05) is 44.5 Å². The first kappa shape index (κ1) is 27.7. The van der Waals surface area contributed by atoms with E-state index in [4.69, 9.17) is 16.3 Å². The number of benzene rings is 2. The van der Waals surface area contributed by atoms with E-state index in [0.29, 0.717) is 54.6 Å². The number of amides is 3. The van der Waals surface area contributed by atoms with Crippen LogP contribution < -0.4 is 5.32 Å². The van der Waals surface area contributed by atoms with Crippen molar-refractivity contribution in [3.8, 4) is 0 Å². The fourth-order valence-electron chi connectivity index (χ4n) is 5.24. The summed E-state index contributed by atoms with van der Waals surface area (Å²) in [5.74, 6) is -0.533. The molecule has 3 amide bonds. The van der Waals surface area contributed by atoms with E-state index in [1.165, 1.54) is 0 Å². The molecule has 0 aromatic heterocycles. The first-order valence-electron chi connectivity index (χ1n) is 13.1. The second kappa shape index (κ2) is 12.0. The molecule has 4 rings (SSSR count). The number of likely N-dealkylation sites (N-methyl/N-ethyl adjacent to an activating group) is 1. The molecule has 1 N–H and O–H groups in total. The molecule has 0 radical (unpaired) electrons. The molecule has 1 saturated heterocycles. The molecule has 202 valence electrons. The molecule has 2 atom stereocenters. The van der Waals surface area contributed by atoms with E-state index < -0.39 is 12.0 Å². The number of nitrogens with one attached hydrogen (secondary N) is 1. The summed E-state index contributed by atoms with van der Waals surface area (Å²) in [7, 11) is 0. The smallest absolute Gasteiger partial charge is 0.338 e. The Morgan fingerprint density at radius 3 is 2.53 bits per heavy atom. The molecule has 2 aromatic rings. The highest BCUT2D eigenvalue weighted by molar-refractivity contribution is 6.33. The third kappa shape index (κ3) is 5.71. The number of nitrogens with zero attached hydrogens (tertiary/aromatic N) is 3. The number of esters is 1. The van der Waals surface area contributed by atoms with Gasteiger partial charge in [0.1, 0.15) is 0 Å². The van der Waals surface area contributed by atoms with Gasteiger partial charge in [0.05, 0.1) is 28.8 Å². The molecule has 9 heteroatoms. The van der Waals surface area contributed by atoms with Crippen LogP contribution in [0.25, 0.3) is 0 Å². The summed E-state index contributed by atoms with van der Waals surface area (Å²) >= 11 is 6.28. The van der Waals surface area contributed by atoms with Gasteiger partial charge in [0.25, 0.3) is 5.91 Å². The average molecular weight is 539 g/mol.